The summed E-state index contributed by atoms with van der Waals surface area (Å²) >= 11 is 6.97. The first-order valence-electron chi connectivity index (χ1n) is 9.76. The molecule has 0 aliphatic carbocycles. The van der Waals surface area contributed by atoms with Crippen molar-refractivity contribution >= 4 is 29.6 Å². The maximum absolute atomic E-state index is 14.2. The fraction of sp³-hybridized carbons (Fsp3) is 0.208. The molecule has 0 fully saturated rings. The average Bonchev–Trinajstić information content (AvgIpc) is 2.78. The normalized spacial score (nSPS) is 13.3. The van der Waals surface area contributed by atoms with Crippen LogP contribution >= 0.6 is 23.5 Å². The number of hydrogen-bond acceptors (Lipinski definition) is 3. The van der Waals surface area contributed by atoms with Crippen molar-refractivity contribution in [2.45, 2.75) is 36.0 Å². The van der Waals surface area contributed by atoms with E-state index in [1.165, 1.54) is 12.1 Å². The molecule has 3 aromatic rings. The molecule has 0 N–H and O–H groups in total. The third kappa shape index (κ3) is 6.43. The molecule has 0 heterocycles. The van der Waals surface area contributed by atoms with E-state index < -0.39 is 23.7 Å². The van der Waals surface area contributed by atoms with E-state index in [2.05, 4.69) is 0 Å². The summed E-state index contributed by atoms with van der Waals surface area (Å²) in [4.78, 5) is 13.4. The predicted octanol–water partition coefficient (Wildman–Crippen LogP) is 7.55. The average molecular weight is 480 g/mol. The summed E-state index contributed by atoms with van der Waals surface area (Å²) in [6.45, 7) is 1.70. The number of ether oxygens (including phenoxy) is 1. The molecule has 0 radical (unpaired) electrons. The summed E-state index contributed by atoms with van der Waals surface area (Å²) in [5, 5.41) is -1.53. The van der Waals surface area contributed by atoms with Crippen LogP contribution in [0.3, 0.4) is 0 Å². The molecule has 0 aliphatic heterocycles. The molecule has 0 aliphatic rings. The topological polar surface area (TPSA) is 29.5 Å². The van der Waals surface area contributed by atoms with E-state index in [0.29, 0.717) is 26.7 Å². The van der Waals surface area contributed by atoms with E-state index >= 15 is 0 Å². The lowest BCUT2D eigenvalue weighted by molar-refractivity contribution is -0.168. The lowest BCUT2D eigenvalue weighted by Gasteiger charge is -2.34. The van der Waals surface area contributed by atoms with Gasteiger partial charge in [0.15, 0.2) is 6.04 Å². The van der Waals surface area contributed by atoms with Gasteiger partial charge in [0.1, 0.15) is 6.61 Å². The Morgan fingerprint density at radius 1 is 0.969 bits per heavy atom. The summed E-state index contributed by atoms with van der Waals surface area (Å²) in [6.07, 6.45) is -5.92. The summed E-state index contributed by atoms with van der Waals surface area (Å²) in [6, 6.07) is 21.1. The quantitative estimate of drug-likeness (QED) is 0.259. The van der Waals surface area contributed by atoms with E-state index in [0.717, 1.165) is 5.56 Å². The smallest absolute Gasteiger partial charge is 0.421 e. The fourth-order valence-electron chi connectivity index (χ4n) is 2.94. The second-order valence-electron chi connectivity index (χ2n) is 7.07. The maximum Gasteiger partial charge on any atom is 0.421 e. The Bertz CT molecular complexity index is 1000. The largest absolute Gasteiger partial charge is 0.444 e. The van der Waals surface area contributed by atoms with Crippen molar-refractivity contribution < 1.29 is 22.7 Å². The first-order chi connectivity index (χ1) is 15.3. The Labute approximate surface area is 194 Å². The number of rotatable bonds is 7. The van der Waals surface area contributed by atoms with Crippen LogP contribution < -0.4 is 0 Å². The van der Waals surface area contributed by atoms with E-state index in [1.807, 2.05) is 6.92 Å². The van der Waals surface area contributed by atoms with Gasteiger partial charge in [-0.15, -0.1) is 11.6 Å². The Balaban J connectivity index is 1.93. The highest BCUT2D eigenvalue weighted by atomic mass is 35.5. The molecule has 1 amide bonds. The Morgan fingerprint density at radius 2 is 1.53 bits per heavy atom. The molecule has 8 heteroatoms. The Hall–Kier alpha value is -2.64. The molecule has 3 nitrogen and oxygen atoms in total. The second kappa shape index (κ2) is 10.8. The number of nitrogens with zero attached hydrogens (tertiary/aromatic N) is 1. The highest BCUT2D eigenvalue weighted by Gasteiger charge is 2.51. The molecular weight excluding hydrogens is 459 g/mol. The van der Waals surface area contributed by atoms with Gasteiger partial charge in [-0.05, 0) is 42.1 Å². The second-order valence-corrected chi connectivity index (χ2v) is 8.59. The fourth-order valence-corrected chi connectivity index (χ4v) is 4.37. The molecule has 0 unspecified atom stereocenters. The number of carbonyl (C=O) groups excluding carboxylic acids is 1. The van der Waals surface area contributed by atoms with Crippen LogP contribution in [0.15, 0.2) is 89.8 Å². The number of alkyl halides is 4. The van der Waals surface area contributed by atoms with Crippen molar-refractivity contribution in [2.24, 2.45) is 0 Å². The van der Waals surface area contributed by atoms with Crippen LogP contribution in [0.25, 0.3) is 0 Å². The van der Waals surface area contributed by atoms with Crippen LogP contribution in [0, 0.1) is 6.92 Å². The molecule has 0 saturated heterocycles. The van der Waals surface area contributed by atoms with E-state index in [-0.39, 0.29) is 12.2 Å². The number of carbonyl (C=O) groups is 1. The molecule has 0 saturated carbocycles. The summed E-state index contributed by atoms with van der Waals surface area (Å²) in [5.74, 6) is 0. The van der Waals surface area contributed by atoms with Crippen molar-refractivity contribution in [1.82, 2.24) is 4.31 Å². The van der Waals surface area contributed by atoms with Crippen LogP contribution in [0.1, 0.15) is 22.1 Å². The zero-order valence-electron chi connectivity index (χ0n) is 17.1. The number of hydrogen-bond donors (Lipinski definition) is 0. The van der Waals surface area contributed by atoms with E-state index in [1.54, 1.807) is 72.8 Å². The van der Waals surface area contributed by atoms with Crippen molar-refractivity contribution in [3.05, 3.63) is 102 Å². The van der Waals surface area contributed by atoms with Crippen LogP contribution in [0.4, 0.5) is 18.0 Å². The van der Waals surface area contributed by atoms with Gasteiger partial charge in [-0.2, -0.15) is 13.2 Å². The zero-order valence-corrected chi connectivity index (χ0v) is 18.7. The van der Waals surface area contributed by atoms with Gasteiger partial charge in [-0.1, -0.05) is 78.4 Å². The van der Waals surface area contributed by atoms with Crippen LogP contribution in [-0.2, 0) is 11.3 Å². The van der Waals surface area contributed by atoms with Gasteiger partial charge in [-0.3, -0.25) is 0 Å². The minimum absolute atomic E-state index is 0.159. The zero-order chi connectivity index (χ0) is 23.1. The summed E-state index contributed by atoms with van der Waals surface area (Å²) < 4.78 is 48.6. The maximum atomic E-state index is 14.2. The van der Waals surface area contributed by atoms with E-state index in [4.69, 9.17) is 16.3 Å². The van der Waals surface area contributed by atoms with Crippen molar-refractivity contribution in [3.8, 4) is 0 Å². The standard InChI is InChI=1S/C24H21ClF3NO2S/c1-17-12-14-20(15-13-17)32-29(23(30)31-16-18-8-4-2-5-9-18)22(24(26,27)28)21(25)19-10-6-3-7-11-19/h2-15,21-22H,16H2,1H3/t21-,22-/m1/s1. The first-order valence-corrected chi connectivity index (χ1v) is 11.0. The molecule has 0 bridgehead atoms. The molecule has 0 spiro atoms. The van der Waals surface area contributed by atoms with Crippen LogP contribution in [-0.4, -0.2) is 22.6 Å². The number of halogens is 4. The van der Waals surface area contributed by atoms with Gasteiger partial charge in [0.05, 0.1) is 5.38 Å². The van der Waals surface area contributed by atoms with Crippen molar-refractivity contribution in [1.29, 1.82) is 0 Å². The number of aryl methyl sites for hydroxylation is 1. The highest BCUT2D eigenvalue weighted by molar-refractivity contribution is 7.97. The van der Waals surface area contributed by atoms with Gasteiger partial charge >= 0.3 is 12.3 Å². The molecule has 3 aromatic carbocycles. The minimum Gasteiger partial charge on any atom is -0.444 e. The molecule has 2 atom stereocenters. The Morgan fingerprint density at radius 3 is 2.09 bits per heavy atom. The lowest BCUT2D eigenvalue weighted by Crippen LogP contribution is -2.47. The van der Waals surface area contributed by atoms with Gasteiger partial charge in [0.25, 0.3) is 0 Å². The lowest BCUT2D eigenvalue weighted by atomic mass is 10.1. The number of benzene rings is 3. The van der Waals surface area contributed by atoms with Crippen molar-refractivity contribution in [3.63, 3.8) is 0 Å². The van der Waals surface area contributed by atoms with Gasteiger partial charge in [0, 0.05) is 4.90 Å². The third-order valence-electron chi connectivity index (χ3n) is 4.59. The summed E-state index contributed by atoms with van der Waals surface area (Å²) in [5.41, 5.74) is 1.86. The minimum atomic E-state index is -4.80. The van der Waals surface area contributed by atoms with Crippen molar-refractivity contribution in [2.75, 3.05) is 0 Å². The Kier molecular flexibility index (Phi) is 8.10. The molecule has 3 rings (SSSR count). The number of amides is 1. The van der Waals surface area contributed by atoms with Crippen LogP contribution in [0.5, 0.6) is 0 Å². The molecule has 0 aromatic heterocycles. The monoisotopic (exact) mass is 479 g/mol. The SMILES string of the molecule is Cc1ccc(SN(C(=O)OCc2ccccc2)[C@H]([C@H](Cl)c2ccccc2)C(F)(F)F)cc1. The first kappa shape index (κ1) is 24.0. The molecular formula is C24H21ClF3NO2S. The van der Waals surface area contributed by atoms with Gasteiger partial charge in [-0.25, -0.2) is 9.10 Å². The molecule has 168 valence electrons. The summed E-state index contributed by atoms with van der Waals surface area (Å²) in [7, 11) is 0. The molecule has 32 heavy (non-hydrogen) atoms. The van der Waals surface area contributed by atoms with E-state index in [9.17, 15) is 18.0 Å². The van der Waals surface area contributed by atoms with Gasteiger partial charge in [0.2, 0.25) is 0 Å². The highest BCUT2D eigenvalue weighted by Crippen LogP contribution is 2.42. The third-order valence-corrected chi connectivity index (χ3v) is 6.14. The van der Waals surface area contributed by atoms with Crippen LogP contribution in [0.2, 0.25) is 0 Å². The van der Waals surface area contributed by atoms with Gasteiger partial charge < -0.3 is 4.74 Å². The predicted molar refractivity (Wildman–Crippen MR) is 120 cm³/mol.